The van der Waals surface area contributed by atoms with Crippen LogP contribution in [-0.2, 0) is 16.3 Å². The number of sulfone groups is 1. The summed E-state index contributed by atoms with van der Waals surface area (Å²) in [4.78, 5) is 0. The summed E-state index contributed by atoms with van der Waals surface area (Å²) < 4.78 is 49.6. The molecule has 19 heavy (non-hydrogen) atoms. The zero-order valence-electron chi connectivity index (χ0n) is 10.9. The fourth-order valence-corrected chi connectivity index (χ4v) is 2.50. The van der Waals surface area contributed by atoms with Gasteiger partial charge in [-0.25, -0.2) is 17.2 Å². The second kappa shape index (κ2) is 5.46. The summed E-state index contributed by atoms with van der Waals surface area (Å²) in [7, 11) is -3.44. The fourth-order valence-electron chi connectivity index (χ4n) is 1.50. The minimum Gasteiger partial charge on any atom is -0.326 e. The van der Waals surface area contributed by atoms with Crippen molar-refractivity contribution in [2.75, 3.05) is 6.26 Å². The smallest absolute Gasteiger partial charge is 0.154 e. The Labute approximate surface area is 120 Å². The van der Waals surface area contributed by atoms with Crippen LogP contribution in [0.5, 0.6) is 0 Å². The van der Waals surface area contributed by atoms with Crippen LogP contribution in [-0.4, -0.2) is 25.5 Å². The second-order valence-electron chi connectivity index (χ2n) is 5.01. The molecule has 0 amide bonds. The highest BCUT2D eigenvalue weighted by Gasteiger charge is 2.37. The van der Waals surface area contributed by atoms with E-state index in [1.807, 2.05) is 0 Å². The molecule has 0 saturated carbocycles. The number of hydrogen-bond donors (Lipinski definition) is 1. The van der Waals surface area contributed by atoms with Crippen molar-refractivity contribution >= 4 is 25.8 Å². The summed E-state index contributed by atoms with van der Waals surface area (Å²) in [5, 5.41) is 0. The van der Waals surface area contributed by atoms with E-state index in [2.05, 4.69) is 15.9 Å². The summed E-state index contributed by atoms with van der Waals surface area (Å²) in [6.07, 6.45) is 0.859. The zero-order valence-corrected chi connectivity index (χ0v) is 13.3. The standard InChI is InChI=1S/C12H16BrF2NO2S/c1-12(2,19(3,17)18)10(16)6-7-9(14)5-4-8(13)11(7)15/h4-5,10H,6,16H2,1-3H3. The molecule has 1 rings (SSSR count). The summed E-state index contributed by atoms with van der Waals surface area (Å²) in [6.45, 7) is 2.89. The normalized spacial score (nSPS) is 14.5. The van der Waals surface area contributed by atoms with Gasteiger partial charge in [0, 0.05) is 17.9 Å². The van der Waals surface area contributed by atoms with Gasteiger partial charge in [0.25, 0.3) is 0 Å². The first-order valence-electron chi connectivity index (χ1n) is 5.56. The Morgan fingerprint density at radius 1 is 1.37 bits per heavy atom. The van der Waals surface area contributed by atoms with Gasteiger partial charge in [0.05, 0.1) is 9.22 Å². The molecule has 0 spiro atoms. The Morgan fingerprint density at radius 3 is 2.37 bits per heavy atom. The molecular formula is C12H16BrF2NO2S. The molecule has 0 bridgehead atoms. The van der Waals surface area contributed by atoms with Gasteiger partial charge in [0.1, 0.15) is 11.6 Å². The molecule has 0 aliphatic carbocycles. The average molecular weight is 356 g/mol. The topological polar surface area (TPSA) is 60.2 Å². The lowest BCUT2D eigenvalue weighted by atomic mass is 9.96. The first-order valence-corrected chi connectivity index (χ1v) is 8.24. The third-order valence-corrected chi connectivity index (χ3v) is 6.24. The molecule has 0 aromatic heterocycles. The van der Waals surface area contributed by atoms with Crippen LogP contribution in [0.15, 0.2) is 16.6 Å². The van der Waals surface area contributed by atoms with E-state index in [0.29, 0.717) is 0 Å². The van der Waals surface area contributed by atoms with Crippen molar-refractivity contribution in [3.05, 3.63) is 33.8 Å². The predicted molar refractivity (Wildman–Crippen MR) is 74.7 cm³/mol. The largest absolute Gasteiger partial charge is 0.326 e. The van der Waals surface area contributed by atoms with E-state index < -0.39 is 32.3 Å². The first kappa shape index (κ1) is 16.5. The lowest BCUT2D eigenvalue weighted by molar-refractivity contribution is 0.462. The summed E-state index contributed by atoms with van der Waals surface area (Å²) >= 11 is 2.96. The van der Waals surface area contributed by atoms with E-state index in [9.17, 15) is 17.2 Å². The molecular weight excluding hydrogens is 340 g/mol. The van der Waals surface area contributed by atoms with Crippen molar-refractivity contribution in [1.29, 1.82) is 0 Å². The van der Waals surface area contributed by atoms with Crippen molar-refractivity contribution in [3.8, 4) is 0 Å². The van der Waals surface area contributed by atoms with E-state index in [1.165, 1.54) is 19.9 Å². The van der Waals surface area contributed by atoms with Crippen molar-refractivity contribution in [1.82, 2.24) is 0 Å². The molecule has 1 aromatic rings. The summed E-state index contributed by atoms with van der Waals surface area (Å²) in [5.41, 5.74) is 5.62. The fraction of sp³-hybridized carbons (Fsp3) is 0.500. The Hall–Kier alpha value is -0.530. The minimum atomic E-state index is -3.44. The Morgan fingerprint density at radius 2 is 1.89 bits per heavy atom. The molecule has 1 unspecified atom stereocenters. The van der Waals surface area contributed by atoms with Gasteiger partial charge in [-0.1, -0.05) is 0 Å². The van der Waals surface area contributed by atoms with Gasteiger partial charge in [0.15, 0.2) is 9.84 Å². The van der Waals surface area contributed by atoms with E-state index in [0.717, 1.165) is 12.3 Å². The lowest BCUT2D eigenvalue weighted by Gasteiger charge is -2.30. The third-order valence-electron chi connectivity index (χ3n) is 3.41. The Balaban J connectivity index is 3.15. The van der Waals surface area contributed by atoms with Gasteiger partial charge in [0.2, 0.25) is 0 Å². The van der Waals surface area contributed by atoms with Gasteiger partial charge >= 0.3 is 0 Å². The number of halogens is 3. The van der Waals surface area contributed by atoms with Crippen LogP contribution in [0.4, 0.5) is 8.78 Å². The minimum absolute atomic E-state index is 0.119. The molecule has 108 valence electrons. The van der Waals surface area contributed by atoms with E-state index in [1.54, 1.807) is 0 Å². The maximum atomic E-state index is 13.8. The monoisotopic (exact) mass is 355 g/mol. The van der Waals surface area contributed by atoms with Crippen LogP contribution in [0.3, 0.4) is 0 Å². The van der Waals surface area contributed by atoms with Crippen molar-refractivity contribution < 1.29 is 17.2 Å². The van der Waals surface area contributed by atoms with E-state index >= 15 is 0 Å². The van der Waals surface area contributed by atoms with E-state index in [4.69, 9.17) is 5.73 Å². The van der Waals surface area contributed by atoms with Crippen LogP contribution in [0, 0.1) is 11.6 Å². The highest BCUT2D eigenvalue weighted by atomic mass is 79.9. The molecule has 0 saturated heterocycles. The summed E-state index contributed by atoms with van der Waals surface area (Å²) in [6, 6.07) is 1.45. The van der Waals surface area contributed by atoms with Crippen LogP contribution in [0.2, 0.25) is 0 Å². The predicted octanol–water partition coefficient (Wildman–Crippen LogP) is 2.42. The Kier molecular flexibility index (Phi) is 4.75. The molecule has 1 atom stereocenters. The molecule has 0 fully saturated rings. The quantitative estimate of drug-likeness (QED) is 0.843. The van der Waals surface area contributed by atoms with Crippen LogP contribution >= 0.6 is 15.9 Å². The van der Waals surface area contributed by atoms with Gasteiger partial charge in [-0.3, -0.25) is 0 Å². The average Bonchev–Trinajstić information content (AvgIpc) is 2.27. The van der Waals surface area contributed by atoms with Gasteiger partial charge in [-0.05, 0) is 48.3 Å². The highest BCUT2D eigenvalue weighted by molar-refractivity contribution is 9.10. The van der Waals surface area contributed by atoms with Gasteiger partial charge < -0.3 is 5.73 Å². The van der Waals surface area contributed by atoms with Crippen LogP contribution < -0.4 is 5.73 Å². The van der Waals surface area contributed by atoms with Gasteiger partial charge in [-0.2, -0.15) is 0 Å². The second-order valence-corrected chi connectivity index (χ2v) is 8.46. The van der Waals surface area contributed by atoms with Gasteiger partial charge in [-0.15, -0.1) is 0 Å². The van der Waals surface area contributed by atoms with Crippen molar-refractivity contribution in [2.24, 2.45) is 5.73 Å². The molecule has 0 radical (unpaired) electrons. The highest BCUT2D eigenvalue weighted by Crippen LogP contribution is 2.26. The third kappa shape index (κ3) is 3.32. The molecule has 3 nitrogen and oxygen atoms in total. The number of benzene rings is 1. The summed E-state index contributed by atoms with van der Waals surface area (Å²) in [5.74, 6) is -1.49. The molecule has 1 aromatic carbocycles. The van der Waals surface area contributed by atoms with Crippen molar-refractivity contribution in [2.45, 2.75) is 31.1 Å². The van der Waals surface area contributed by atoms with E-state index in [-0.39, 0.29) is 16.5 Å². The van der Waals surface area contributed by atoms with Crippen molar-refractivity contribution in [3.63, 3.8) is 0 Å². The lowest BCUT2D eigenvalue weighted by Crippen LogP contribution is -2.50. The maximum Gasteiger partial charge on any atom is 0.154 e. The number of rotatable bonds is 4. The zero-order chi connectivity index (χ0) is 15.0. The molecule has 2 N–H and O–H groups in total. The molecule has 7 heteroatoms. The Bertz CT molecular complexity index is 588. The number of hydrogen-bond acceptors (Lipinski definition) is 3. The first-order chi connectivity index (χ1) is 8.48. The maximum absolute atomic E-state index is 13.8. The molecule has 0 aliphatic heterocycles. The van der Waals surface area contributed by atoms with Crippen LogP contribution in [0.1, 0.15) is 19.4 Å². The van der Waals surface area contributed by atoms with Crippen LogP contribution in [0.25, 0.3) is 0 Å². The molecule has 0 aliphatic rings. The number of nitrogens with two attached hydrogens (primary N) is 1. The molecule has 0 heterocycles. The SMILES string of the molecule is CC(C)(C(N)Cc1c(F)ccc(Br)c1F)S(C)(=O)=O.